The lowest BCUT2D eigenvalue weighted by Crippen LogP contribution is -2.25. The van der Waals surface area contributed by atoms with E-state index in [0.717, 1.165) is 5.56 Å². The van der Waals surface area contributed by atoms with Gasteiger partial charge in [0.05, 0.1) is 6.54 Å². The van der Waals surface area contributed by atoms with Crippen LogP contribution in [0.5, 0.6) is 0 Å². The van der Waals surface area contributed by atoms with Gasteiger partial charge < -0.3 is 10.1 Å². The molecule has 68 valence electrons. The van der Waals surface area contributed by atoms with E-state index < -0.39 is 5.60 Å². The van der Waals surface area contributed by atoms with E-state index in [9.17, 15) is 4.79 Å². The fraction of sp³-hybridized carbons (Fsp3) is 0.300. The maximum Gasteiger partial charge on any atom is 0.408 e. The molecule has 0 aliphatic carbocycles. The van der Waals surface area contributed by atoms with Crippen LogP contribution in [-0.4, -0.2) is 12.6 Å². The van der Waals surface area contributed by atoms with Crippen LogP contribution in [0.2, 0.25) is 0 Å². The Kier molecular flexibility index (Phi) is 1.72. The van der Waals surface area contributed by atoms with Gasteiger partial charge in [-0.1, -0.05) is 30.3 Å². The zero-order chi connectivity index (χ0) is 9.31. The lowest BCUT2D eigenvalue weighted by molar-refractivity contribution is 0.0704. The summed E-state index contributed by atoms with van der Waals surface area (Å²) in [7, 11) is 0. The second-order valence-corrected chi connectivity index (χ2v) is 3.34. The lowest BCUT2D eigenvalue weighted by Gasteiger charge is -2.20. The fourth-order valence-corrected chi connectivity index (χ4v) is 1.47. The minimum atomic E-state index is -0.502. The van der Waals surface area contributed by atoms with E-state index in [2.05, 4.69) is 5.32 Å². The number of alkyl carbamates (subject to hydrolysis) is 1. The van der Waals surface area contributed by atoms with Gasteiger partial charge in [0.2, 0.25) is 0 Å². The van der Waals surface area contributed by atoms with Crippen molar-refractivity contribution < 1.29 is 9.53 Å². The molecule has 3 nitrogen and oxygen atoms in total. The van der Waals surface area contributed by atoms with Crippen LogP contribution in [0.4, 0.5) is 4.79 Å². The molecule has 1 saturated heterocycles. The smallest absolute Gasteiger partial charge is 0.408 e. The van der Waals surface area contributed by atoms with Crippen molar-refractivity contribution in [2.75, 3.05) is 6.54 Å². The molecule has 13 heavy (non-hydrogen) atoms. The molecule has 1 aliphatic heterocycles. The first-order valence-electron chi connectivity index (χ1n) is 4.23. The lowest BCUT2D eigenvalue weighted by atomic mass is 9.97. The van der Waals surface area contributed by atoms with Crippen LogP contribution in [0.15, 0.2) is 30.3 Å². The summed E-state index contributed by atoms with van der Waals surface area (Å²) in [6.07, 6.45) is -0.341. The molecule has 1 heterocycles. The Morgan fingerprint density at radius 2 is 2.08 bits per heavy atom. The highest BCUT2D eigenvalue weighted by molar-refractivity contribution is 5.70. The molecule has 0 bridgehead atoms. The minimum absolute atomic E-state index is 0.341. The second-order valence-electron chi connectivity index (χ2n) is 3.34. The van der Waals surface area contributed by atoms with Crippen molar-refractivity contribution in [1.29, 1.82) is 0 Å². The van der Waals surface area contributed by atoms with Crippen molar-refractivity contribution in [3.8, 4) is 0 Å². The third kappa shape index (κ3) is 1.37. The fourth-order valence-electron chi connectivity index (χ4n) is 1.47. The number of carbonyl (C=O) groups is 1. The van der Waals surface area contributed by atoms with Crippen molar-refractivity contribution in [3.05, 3.63) is 35.9 Å². The van der Waals surface area contributed by atoms with Crippen LogP contribution >= 0.6 is 0 Å². The molecule has 1 aliphatic rings. The summed E-state index contributed by atoms with van der Waals surface area (Å²) in [6.45, 7) is 2.44. The van der Waals surface area contributed by atoms with Gasteiger partial charge in [-0.15, -0.1) is 0 Å². The Labute approximate surface area is 76.7 Å². The molecule has 1 fully saturated rings. The molecular formula is C10H11NO2. The highest BCUT2D eigenvalue weighted by Gasteiger charge is 2.36. The molecular weight excluding hydrogens is 166 g/mol. The molecule has 3 heteroatoms. The van der Waals surface area contributed by atoms with Crippen LogP contribution in [0, 0.1) is 0 Å². The molecule has 1 N–H and O–H groups in total. The number of ether oxygens (including phenoxy) is 1. The summed E-state index contributed by atoms with van der Waals surface area (Å²) in [5.74, 6) is 0. The summed E-state index contributed by atoms with van der Waals surface area (Å²) in [5, 5.41) is 2.65. The van der Waals surface area contributed by atoms with E-state index in [4.69, 9.17) is 4.74 Å². The molecule has 0 saturated carbocycles. The summed E-state index contributed by atoms with van der Waals surface area (Å²) >= 11 is 0. The van der Waals surface area contributed by atoms with Crippen LogP contribution in [-0.2, 0) is 10.3 Å². The quantitative estimate of drug-likeness (QED) is 0.708. The van der Waals surface area contributed by atoms with Gasteiger partial charge in [0.25, 0.3) is 0 Å². The van der Waals surface area contributed by atoms with Crippen molar-refractivity contribution in [2.45, 2.75) is 12.5 Å². The van der Waals surface area contributed by atoms with Gasteiger partial charge >= 0.3 is 6.09 Å². The number of hydrogen-bond donors (Lipinski definition) is 1. The van der Waals surface area contributed by atoms with Crippen LogP contribution in [0.1, 0.15) is 12.5 Å². The van der Waals surface area contributed by atoms with Crippen molar-refractivity contribution in [3.63, 3.8) is 0 Å². The highest BCUT2D eigenvalue weighted by Crippen LogP contribution is 2.27. The maximum atomic E-state index is 10.9. The van der Waals surface area contributed by atoms with Crippen LogP contribution in [0.25, 0.3) is 0 Å². The number of carbonyl (C=O) groups excluding carboxylic acids is 1. The molecule has 0 unspecified atom stereocenters. The summed E-state index contributed by atoms with van der Waals surface area (Å²) in [6, 6.07) is 9.73. The van der Waals surface area contributed by atoms with E-state index in [0.29, 0.717) is 6.54 Å². The second kappa shape index (κ2) is 2.76. The Balaban J connectivity index is 2.31. The van der Waals surface area contributed by atoms with Gasteiger partial charge in [0.1, 0.15) is 0 Å². The predicted molar refractivity (Wildman–Crippen MR) is 48.3 cm³/mol. The number of benzene rings is 1. The highest BCUT2D eigenvalue weighted by atomic mass is 16.6. The zero-order valence-corrected chi connectivity index (χ0v) is 7.41. The van der Waals surface area contributed by atoms with Gasteiger partial charge in [0.15, 0.2) is 5.60 Å². The minimum Gasteiger partial charge on any atom is -0.436 e. The molecule has 1 aromatic carbocycles. The molecule has 1 aromatic rings. The first-order valence-corrected chi connectivity index (χ1v) is 4.23. The van der Waals surface area contributed by atoms with Gasteiger partial charge in [-0.05, 0) is 12.5 Å². The summed E-state index contributed by atoms with van der Waals surface area (Å²) in [4.78, 5) is 10.9. The first kappa shape index (κ1) is 8.10. The van der Waals surface area contributed by atoms with Crippen molar-refractivity contribution in [1.82, 2.24) is 5.32 Å². The Morgan fingerprint density at radius 3 is 2.62 bits per heavy atom. The van der Waals surface area contributed by atoms with Gasteiger partial charge in [-0.2, -0.15) is 0 Å². The maximum absolute atomic E-state index is 10.9. The zero-order valence-electron chi connectivity index (χ0n) is 7.41. The molecule has 1 atom stereocenters. The number of cyclic esters (lactones) is 1. The van der Waals surface area contributed by atoms with E-state index in [-0.39, 0.29) is 6.09 Å². The first-order chi connectivity index (χ1) is 6.21. The molecule has 0 radical (unpaired) electrons. The average Bonchev–Trinajstić information content (AvgIpc) is 2.49. The number of rotatable bonds is 1. The summed E-state index contributed by atoms with van der Waals surface area (Å²) < 4.78 is 5.18. The standard InChI is InChI=1S/C10H11NO2/c1-10(7-11-9(12)13-10)8-5-3-2-4-6-8/h2-6H,7H2,1H3,(H,11,12)/t10-/m0/s1. The van der Waals surface area contributed by atoms with E-state index in [1.807, 2.05) is 37.3 Å². The number of nitrogens with one attached hydrogen (secondary N) is 1. The third-order valence-electron chi connectivity index (χ3n) is 2.27. The van der Waals surface area contributed by atoms with Gasteiger partial charge in [-0.3, -0.25) is 0 Å². The molecule has 1 amide bonds. The van der Waals surface area contributed by atoms with Gasteiger partial charge in [-0.25, -0.2) is 4.79 Å². The molecule has 2 rings (SSSR count). The number of amides is 1. The van der Waals surface area contributed by atoms with Crippen molar-refractivity contribution in [2.24, 2.45) is 0 Å². The Bertz CT molecular complexity index is 323. The summed E-state index contributed by atoms with van der Waals surface area (Å²) in [5.41, 5.74) is 0.520. The number of hydrogen-bond acceptors (Lipinski definition) is 2. The van der Waals surface area contributed by atoms with Crippen LogP contribution in [0.3, 0.4) is 0 Å². The molecule has 0 aromatic heterocycles. The van der Waals surface area contributed by atoms with Crippen LogP contribution < -0.4 is 5.32 Å². The SMILES string of the molecule is C[C@@]1(c2ccccc2)CNC(=O)O1. The average molecular weight is 177 g/mol. The normalized spacial score (nSPS) is 26.7. The Morgan fingerprint density at radius 1 is 1.38 bits per heavy atom. The Hall–Kier alpha value is -1.51. The largest absolute Gasteiger partial charge is 0.436 e. The topological polar surface area (TPSA) is 38.3 Å². The van der Waals surface area contributed by atoms with E-state index in [1.54, 1.807) is 0 Å². The monoisotopic (exact) mass is 177 g/mol. The van der Waals surface area contributed by atoms with E-state index in [1.165, 1.54) is 0 Å². The predicted octanol–water partition coefficient (Wildman–Crippen LogP) is 1.64. The van der Waals surface area contributed by atoms with E-state index >= 15 is 0 Å². The third-order valence-corrected chi connectivity index (χ3v) is 2.27. The molecule has 0 spiro atoms. The van der Waals surface area contributed by atoms with Crippen molar-refractivity contribution >= 4 is 6.09 Å². The van der Waals surface area contributed by atoms with Gasteiger partial charge in [0, 0.05) is 0 Å².